The summed E-state index contributed by atoms with van der Waals surface area (Å²) >= 11 is 2.62. The summed E-state index contributed by atoms with van der Waals surface area (Å²) in [5.41, 5.74) is 1.80. The van der Waals surface area contributed by atoms with Gasteiger partial charge in [0.1, 0.15) is 4.83 Å². The quantitative estimate of drug-likeness (QED) is 0.323. The zero-order valence-corrected chi connectivity index (χ0v) is 19.0. The van der Waals surface area contributed by atoms with Crippen LogP contribution in [0.5, 0.6) is 0 Å². The number of thioether (sulfide) groups is 1. The number of carbonyl (C=O) groups excluding carboxylic acids is 2. The largest absolute Gasteiger partial charge is 0.326 e. The second kappa shape index (κ2) is 9.37. The van der Waals surface area contributed by atoms with E-state index in [0.717, 1.165) is 0 Å². The molecule has 2 heterocycles. The first kappa shape index (κ1) is 21.8. The maximum Gasteiger partial charge on any atom is 0.267 e. The fraction of sp³-hybridized carbons (Fsp3) is 0.130. The van der Waals surface area contributed by atoms with Crippen molar-refractivity contribution >= 4 is 56.5 Å². The van der Waals surface area contributed by atoms with Crippen molar-refractivity contribution in [3.05, 3.63) is 76.4 Å². The summed E-state index contributed by atoms with van der Waals surface area (Å²) in [5.74, 6) is -0.381. The van der Waals surface area contributed by atoms with Gasteiger partial charge < -0.3 is 10.6 Å². The summed E-state index contributed by atoms with van der Waals surface area (Å²) < 4.78 is 1.55. The van der Waals surface area contributed by atoms with E-state index in [4.69, 9.17) is 0 Å². The zero-order chi connectivity index (χ0) is 22.7. The van der Waals surface area contributed by atoms with Crippen molar-refractivity contribution in [2.45, 2.75) is 24.3 Å². The van der Waals surface area contributed by atoms with E-state index in [1.54, 1.807) is 41.8 Å². The number of hydrogen-bond donors (Lipinski definition) is 2. The molecule has 7 nitrogen and oxygen atoms in total. The van der Waals surface area contributed by atoms with E-state index in [1.807, 2.05) is 35.7 Å². The molecule has 0 aliphatic heterocycles. The van der Waals surface area contributed by atoms with Crippen LogP contribution in [0.2, 0.25) is 0 Å². The number of carbonyl (C=O) groups is 2. The van der Waals surface area contributed by atoms with E-state index < -0.39 is 5.25 Å². The number of anilines is 2. The molecule has 0 saturated heterocycles. The Balaban J connectivity index is 1.58. The lowest BCUT2D eigenvalue weighted by Crippen LogP contribution is -2.26. The van der Waals surface area contributed by atoms with Gasteiger partial charge in [-0.25, -0.2) is 4.98 Å². The fourth-order valence-electron chi connectivity index (χ4n) is 3.07. The molecule has 0 aliphatic carbocycles. The van der Waals surface area contributed by atoms with Crippen LogP contribution in [0.4, 0.5) is 11.4 Å². The number of rotatable bonds is 6. The summed E-state index contributed by atoms with van der Waals surface area (Å²) in [5, 5.41) is 7.89. The Morgan fingerprint density at radius 2 is 1.66 bits per heavy atom. The van der Waals surface area contributed by atoms with Gasteiger partial charge in [0.25, 0.3) is 5.56 Å². The third-order valence-electron chi connectivity index (χ3n) is 4.61. The molecule has 1 atom stereocenters. The molecule has 0 saturated carbocycles. The molecule has 4 aromatic rings. The van der Waals surface area contributed by atoms with Gasteiger partial charge in [-0.3, -0.25) is 19.0 Å². The maximum absolute atomic E-state index is 13.1. The minimum absolute atomic E-state index is 0.161. The molecule has 9 heteroatoms. The van der Waals surface area contributed by atoms with Gasteiger partial charge >= 0.3 is 0 Å². The Bertz CT molecular complexity index is 1330. The van der Waals surface area contributed by atoms with E-state index in [1.165, 1.54) is 30.0 Å². The van der Waals surface area contributed by atoms with Crippen molar-refractivity contribution < 1.29 is 9.59 Å². The monoisotopic (exact) mass is 464 g/mol. The van der Waals surface area contributed by atoms with Crippen LogP contribution in [0.3, 0.4) is 0 Å². The van der Waals surface area contributed by atoms with Crippen molar-refractivity contribution in [2.75, 3.05) is 10.6 Å². The number of nitrogens with zero attached hydrogens (tertiary/aromatic N) is 2. The van der Waals surface area contributed by atoms with Crippen LogP contribution in [-0.2, 0) is 9.59 Å². The van der Waals surface area contributed by atoms with Gasteiger partial charge in [-0.1, -0.05) is 30.0 Å². The molecule has 0 fully saturated rings. The fourth-order valence-corrected chi connectivity index (χ4v) is 4.81. The number of benzene rings is 2. The van der Waals surface area contributed by atoms with E-state index >= 15 is 0 Å². The Morgan fingerprint density at radius 3 is 2.31 bits per heavy atom. The molecule has 4 rings (SSSR count). The van der Waals surface area contributed by atoms with Crippen LogP contribution in [0.15, 0.2) is 76.0 Å². The van der Waals surface area contributed by atoms with Gasteiger partial charge in [-0.15, -0.1) is 11.3 Å². The Kier molecular flexibility index (Phi) is 6.38. The van der Waals surface area contributed by atoms with Gasteiger partial charge in [0.2, 0.25) is 11.8 Å². The summed E-state index contributed by atoms with van der Waals surface area (Å²) in [7, 11) is 0. The van der Waals surface area contributed by atoms with Gasteiger partial charge in [0, 0.05) is 18.3 Å². The van der Waals surface area contributed by atoms with Gasteiger partial charge in [0.15, 0.2) is 5.16 Å². The Morgan fingerprint density at radius 1 is 1.00 bits per heavy atom. The number of para-hydroxylation sites is 1. The molecular formula is C23H20N4O3S2. The summed E-state index contributed by atoms with van der Waals surface area (Å²) in [6.07, 6.45) is 0. The number of aromatic nitrogens is 2. The number of thiophene rings is 1. The van der Waals surface area contributed by atoms with Crippen molar-refractivity contribution in [1.82, 2.24) is 9.55 Å². The molecule has 162 valence electrons. The van der Waals surface area contributed by atoms with Crippen LogP contribution in [0.1, 0.15) is 13.8 Å². The topological polar surface area (TPSA) is 93.1 Å². The van der Waals surface area contributed by atoms with Crippen molar-refractivity contribution in [3.63, 3.8) is 0 Å². The predicted molar refractivity (Wildman–Crippen MR) is 130 cm³/mol. The van der Waals surface area contributed by atoms with E-state index in [2.05, 4.69) is 15.6 Å². The third-order valence-corrected chi connectivity index (χ3v) is 6.46. The molecule has 2 amide bonds. The maximum atomic E-state index is 13.1. The number of nitrogens with one attached hydrogen (secondary N) is 2. The highest BCUT2D eigenvalue weighted by atomic mass is 32.2. The smallest absolute Gasteiger partial charge is 0.267 e. The van der Waals surface area contributed by atoms with E-state index in [9.17, 15) is 14.4 Å². The average Bonchev–Trinajstić information content (AvgIpc) is 3.24. The molecule has 32 heavy (non-hydrogen) atoms. The molecule has 2 aromatic heterocycles. The SMILES string of the molecule is CC(=O)Nc1ccc(NC(=O)[C@H](C)Sc2nc3sccc3c(=O)n2-c2ccccc2)cc1. The minimum Gasteiger partial charge on any atom is -0.326 e. The number of amides is 2. The van der Waals surface area contributed by atoms with Crippen LogP contribution in [0.25, 0.3) is 15.9 Å². The predicted octanol–water partition coefficient (Wildman–Crippen LogP) is 4.52. The molecule has 0 spiro atoms. The Hall–Kier alpha value is -3.43. The zero-order valence-electron chi connectivity index (χ0n) is 17.4. The van der Waals surface area contributed by atoms with Crippen LogP contribution < -0.4 is 16.2 Å². The summed E-state index contributed by atoms with van der Waals surface area (Å²) in [6, 6.07) is 17.9. The highest BCUT2D eigenvalue weighted by molar-refractivity contribution is 8.00. The van der Waals surface area contributed by atoms with Crippen molar-refractivity contribution in [1.29, 1.82) is 0 Å². The van der Waals surface area contributed by atoms with E-state index in [0.29, 0.717) is 32.4 Å². The molecule has 0 aliphatic rings. The summed E-state index contributed by atoms with van der Waals surface area (Å²) in [6.45, 7) is 3.21. The lowest BCUT2D eigenvalue weighted by molar-refractivity contribution is -0.115. The first-order valence-electron chi connectivity index (χ1n) is 9.83. The van der Waals surface area contributed by atoms with Gasteiger partial charge in [-0.2, -0.15) is 0 Å². The average molecular weight is 465 g/mol. The second-order valence-electron chi connectivity index (χ2n) is 7.02. The molecule has 0 radical (unpaired) electrons. The highest BCUT2D eigenvalue weighted by Crippen LogP contribution is 2.27. The third kappa shape index (κ3) is 4.74. The molecule has 2 aromatic carbocycles. The molecule has 2 N–H and O–H groups in total. The van der Waals surface area contributed by atoms with Crippen molar-refractivity contribution in [2.24, 2.45) is 0 Å². The summed E-state index contributed by atoms with van der Waals surface area (Å²) in [4.78, 5) is 42.4. The lowest BCUT2D eigenvalue weighted by atomic mass is 10.2. The number of hydrogen-bond acceptors (Lipinski definition) is 6. The highest BCUT2D eigenvalue weighted by Gasteiger charge is 2.21. The lowest BCUT2D eigenvalue weighted by Gasteiger charge is -2.16. The van der Waals surface area contributed by atoms with Crippen LogP contribution in [-0.4, -0.2) is 26.6 Å². The standard InChI is InChI=1S/C23H20N4O3S2/c1-14(20(29)25-17-10-8-16(9-11-17)24-15(2)28)32-23-26-21-19(12-13-31-21)22(30)27(23)18-6-4-3-5-7-18/h3-14H,1-2H3,(H,24,28)(H,25,29)/t14-/m0/s1. The van der Waals surface area contributed by atoms with Crippen molar-refractivity contribution in [3.8, 4) is 5.69 Å². The minimum atomic E-state index is -0.510. The van der Waals surface area contributed by atoms with E-state index in [-0.39, 0.29) is 17.4 Å². The normalized spacial score (nSPS) is 11.8. The van der Waals surface area contributed by atoms with Crippen LogP contribution in [0, 0.1) is 0 Å². The number of fused-ring (bicyclic) bond motifs is 1. The van der Waals surface area contributed by atoms with Gasteiger partial charge in [-0.05, 0) is 54.8 Å². The molecule has 0 unspecified atom stereocenters. The first-order chi connectivity index (χ1) is 15.4. The Labute approximate surface area is 192 Å². The van der Waals surface area contributed by atoms with Crippen LogP contribution >= 0.6 is 23.1 Å². The molecule has 0 bridgehead atoms. The second-order valence-corrected chi connectivity index (χ2v) is 9.22. The molecular weight excluding hydrogens is 444 g/mol. The van der Waals surface area contributed by atoms with Gasteiger partial charge in [0.05, 0.1) is 16.3 Å². The first-order valence-corrected chi connectivity index (χ1v) is 11.6.